The lowest BCUT2D eigenvalue weighted by atomic mass is 9.92. The van der Waals surface area contributed by atoms with Crippen LogP contribution in [0.3, 0.4) is 0 Å². The van der Waals surface area contributed by atoms with Crippen molar-refractivity contribution in [2.75, 3.05) is 7.11 Å². The molecule has 5 aromatic rings. The normalized spacial score (nSPS) is 11.6. The number of aryl methyl sites for hydroxylation is 3. The van der Waals surface area contributed by atoms with Crippen molar-refractivity contribution in [2.45, 2.75) is 20.8 Å². The summed E-state index contributed by atoms with van der Waals surface area (Å²) in [6.45, 7) is 6.54. The Morgan fingerprint density at radius 2 is 1.57 bits per heavy atom. The number of imidazole rings is 1. The Hall–Kier alpha value is -3.33. The van der Waals surface area contributed by atoms with Gasteiger partial charge < -0.3 is 4.74 Å². The molecule has 3 nitrogen and oxygen atoms in total. The number of pyridine rings is 1. The molecule has 0 bridgehead atoms. The summed E-state index contributed by atoms with van der Waals surface area (Å²) >= 11 is 0. The number of benzene rings is 3. The molecule has 2 aromatic heterocycles. The van der Waals surface area contributed by atoms with E-state index < -0.39 is 0 Å². The van der Waals surface area contributed by atoms with Crippen molar-refractivity contribution in [3.8, 4) is 16.9 Å². The summed E-state index contributed by atoms with van der Waals surface area (Å²) in [4.78, 5) is 4.63. The van der Waals surface area contributed by atoms with E-state index in [1.165, 1.54) is 44.1 Å². The van der Waals surface area contributed by atoms with Gasteiger partial charge >= 0.3 is 0 Å². The summed E-state index contributed by atoms with van der Waals surface area (Å²) in [7, 11) is 1.70. The molecule has 3 heteroatoms. The van der Waals surface area contributed by atoms with Gasteiger partial charge in [-0.15, -0.1) is 0 Å². The molecule has 0 aliphatic carbocycles. The van der Waals surface area contributed by atoms with E-state index in [2.05, 4.69) is 72.6 Å². The SMILES string of the molecule is COc1ccc2c3ccc(-c4c(C)cc(C)cc4C)cc3n3ccnc3c2c1. The zero-order chi connectivity index (χ0) is 19.4. The van der Waals surface area contributed by atoms with E-state index in [0.717, 1.165) is 16.8 Å². The predicted octanol–water partition coefficient (Wildman–Crippen LogP) is 6.24. The Balaban J connectivity index is 1.88. The van der Waals surface area contributed by atoms with Gasteiger partial charge in [0.05, 0.1) is 12.6 Å². The van der Waals surface area contributed by atoms with Crippen LogP contribution in [-0.2, 0) is 0 Å². The van der Waals surface area contributed by atoms with Crippen LogP contribution in [0, 0.1) is 20.8 Å². The Bertz CT molecular complexity index is 1360. The maximum Gasteiger partial charge on any atom is 0.145 e. The molecule has 28 heavy (non-hydrogen) atoms. The topological polar surface area (TPSA) is 26.5 Å². The van der Waals surface area contributed by atoms with Gasteiger partial charge in [0.2, 0.25) is 0 Å². The molecule has 0 fully saturated rings. The first-order valence-corrected chi connectivity index (χ1v) is 9.51. The van der Waals surface area contributed by atoms with Crippen LogP contribution in [0.15, 0.2) is 60.9 Å². The van der Waals surface area contributed by atoms with Gasteiger partial charge in [0.1, 0.15) is 11.4 Å². The Kier molecular flexibility index (Phi) is 3.66. The fraction of sp³-hybridized carbons (Fsp3) is 0.160. The van der Waals surface area contributed by atoms with Crippen molar-refractivity contribution in [1.82, 2.24) is 9.38 Å². The third kappa shape index (κ3) is 2.40. The van der Waals surface area contributed by atoms with Crippen molar-refractivity contribution in [3.63, 3.8) is 0 Å². The van der Waals surface area contributed by atoms with E-state index in [4.69, 9.17) is 4.74 Å². The highest BCUT2D eigenvalue weighted by Crippen LogP contribution is 2.35. The van der Waals surface area contributed by atoms with Crippen LogP contribution in [0.1, 0.15) is 16.7 Å². The molecule has 2 heterocycles. The van der Waals surface area contributed by atoms with Gasteiger partial charge in [-0.1, -0.05) is 29.8 Å². The van der Waals surface area contributed by atoms with Gasteiger partial charge in [0, 0.05) is 23.2 Å². The van der Waals surface area contributed by atoms with E-state index in [1.807, 2.05) is 18.5 Å². The third-order valence-corrected chi connectivity index (χ3v) is 5.62. The number of nitrogens with zero attached hydrogens (tertiary/aromatic N) is 2. The van der Waals surface area contributed by atoms with E-state index in [0.29, 0.717) is 0 Å². The van der Waals surface area contributed by atoms with Crippen LogP contribution in [0.4, 0.5) is 0 Å². The van der Waals surface area contributed by atoms with Crippen molar-refractivity contribution < 1.29 is 4.74 Å². The van der Waals surface area contributed by atoms with Crippen LogP contribution >= 0.6 is 0 Å². The molecule has 138 valence electrons. The third-order valence-electron chi connectivity index (χ3n) is 5.62. The second-order valence-electron chi connectivity index (χ2n) is 7.54. The lowest BCUT2D eigenvalue weighted by molar-refractivity contribution is 0.415. The van der Waals surface area contributed by atoms with E-state index in [1.54, 1.807) is 7.11 Å². The van der Waals surface area contributed by atoms with Gasteiger partial charge in [-0.3, -0.25) is 4.40 Å². The average molecular weight is 366 g/mol. The molecular formula is C25H22N2O. The van der Waals surface area contributed by atoms with Crippen LogP contribution < -0.4 is 4.74 Å². The van der Waals surface area contributed by atoms with Gasteiger partial charge in [-0.2, -0.15) is 0 Å². The first-order valence-electron chi connectivity index (χ1n) is 9.51. The Morgan fingerprint density at radius 3 is 2.32 bits per heavy atom. The van der Waals surface area contributed by atoms with Crippen LogP contribution in [0.2, 0.25) is 0 Å². The zero-order valence-corrected chi connectivity index (χ0v) is 16.6. The summed E-state index contributed by atoms with van der Waals surface area (Å²) in [5, 5.41) is 3.51. The largest absolute Gasteiger partial charge is 0.497 e. The average Bonchev–Trinajstić information content (AvgIpc) is 3.17. The standard InChI is InChI=1S/C25H22N2O/c1-15-11-16(2)24(17(3)12-15)18-5-7-21-20-8-6-19(28-4)14-22(20)25-26-9-10-27(25)23(21)13-18/h5-14H,1-4H3. The summed E-state index contributed by atoms with van der Waals surface area (Å²) in [5.74, 6) is 0.847. The molecule has 0 unspecified atom stereocenters. The molecule has 0 N–H and O–H groups in total. The summed E-state index contributed by atoms with van der Waals surface area (Å²) in [5.41, 5.74) is 8.60. The van der Waals surface area contributed by atoms with Crippen molar-refractivity contribution in [1.29, 1.82) is 0 Å². The summed E-state index contributed by atoms with van der Waals surface area (Å²) < 4.78 is 7.62. The lowest BCUT2D eigenvalue weighted by Crippen LogP contribution is -1.94. The van der Waals surface area contributed by atoms with Crippen molar-refractivity contribution in [3.05, 3.63) is 77.6 Å². The second kappa shape index (κ2) is 6.10. The van der Waals surface area contributed by atoms with Gasteiger partial charge in [0.25, 0.3) is 0 Å². The smallest absolute Gasteiger partial charge is 0.145 e. The number of methoxy groups -OCH3 is 1. The van der Waals surface area contributed by atoms with Crippen LogP contribution in [0.5, 0.6) is 5.75 Å². The molecule has 0 aliphatic rings. The lowest BCUT2D eigenvalue weighted by Gasteiger charge is -2.14. The predicted molar refractivity (Wildman–Crippen MR) is 116 cm³/mol. The minimum absolute atomic E-state index is 0.847. The number of hydrogen-bond acceptors (Lipinski definition) is 2. The summed E-state index contributed by atoms with van der Waals surface area (Å²) in [6, 6.07) is 17.5. The van der Waals surface area contributed by atoms with Crippen LogP contribution in [0.25, 0.3) is 38.4 Å². The highest BCUT2D eigenvalue weighted by atomic mass is 16.5. The molecule has 0 aliphatic heterocycles. The van der Waals surface area contributed by atoms with Crippen molar-refractivity contribution in [2.24, 2.45) is 0 Å². The van der Waals surface area contributed by atoms with Gasteiger partial charge in [-0.05, 0) is 72.7 Å². The minimum atomic E-state index is 0.847. The molecule has 0 spiro atoms. The number of aromatic nitrogens is 2. The van der Waals surface area contributed by atoms with E-state index in [-0.39, 0.29) is 0 Å². The number of hydrogen-bond donors (Lipinski definition) is 0. The number of rotatable bonds is 2. The first-order chi connectivity index (χ1) is 13.6. The highest BCUT2D eigenvalue weighted by Gasteiger charge is 2.13. The number of ether oxygens (including phenoxy) is 1. The zero-order valence-electron chi connectivity index (χ0n) is 16.6. The molecule has 0 radical (unpaired) electrons. The number of fused-ring (bicyclic) bond motifs is 6. The summed E-state index contributed by atoms with van der Waals surface area (Å²) in [6.07, 6.45) is 3.90. The Labute approximate surface area is 164 Å². The fourth-order valence-corrected chi connectivity index (χ4v) is 4.52. The minimum Gasteiger partial charge on any atom is -0.497 e. The molecule has 0 atom stereocenters. The monoisotopic (exact) mass is 366 g/mol. The molecule has 0 saturated carbocycles. The maximum atomic E-state index is 5.44. The fourth-order valence-electron chi connectivity index (χ4n) is 4.52. The quantitative estimate of drug-likeness (QED) is 0.346. The second-order valence-corrected chi connectivity index (χ2v) is 7.54. The molecular weight excluding hydrogens is 344 g/mol. The van der Waals surface area contributed by atoms with Gasteiger partial charge in [0.15, 0.2) is 0 Å². The van der Waals surface area contributed by atoms with Crippen molar-refractivity contribution >= 4 is 27.3 Å². The molecule has 0 saturated heterocycles. The molecule has 3 aromatic carbocycles. The Morgan fingerprint density at radius 1 is 0.821 bits per heavy atom. The molecule has 5 rings (SSSR count). The maximum absolute atomic E-state index is 5.44. The molecule has 0 amide bonds. The van der Waals surface area contributed by atoms with E-state index >= 15 is 0 Å². The first kappa shape index (κ1) is 16.8. The highest BCUT2D eigenvalue weighted by molar-refractivity contribution is 6.12. The van der Waals surface area contributed by atoms with E-state index in [9.17, 15) is 0 Å². The van der Waals surface area contributed by atoms with Crippen LogP contribution in [-0.4, -0.2) is 16.5 Å². The van der Waals surface area contributed by atoms with Gasteiger partial charge in [-0.25, -0.2) is 4.98 Å².